The van der Waals surface area contributed by atoms with Crippen molar-refractivity contribution in [1.29, 1.82) is 0 Å². The second-order valence-electron chi connectivity index (χ2n) is 5.83. The molecular formula is C14H20N6O2. The topological polar surface area (TPSA) is 94.8 Å². The number of nitrogens with one attached hydrogen (secondary N) is 1. The molecule has 0 saturated carbocycles. The monoisotopic (exact) mass is 304 g/mol. The first kappa shape index (κ1) is 15.9. The highest BCUT2D eigenvalue weighted by Gasteiger charge is 2.15. The smallest absolute Gasteiger partial charge is 0.407 e. The van der Waals surface area contributed by atoms with E-state index in [2.05, 4.69) is 25.7 Å². The zero-order valence-corrected chi connectivity index (χ0v) is 13.2. The molecule has 2 heterocycles. The number of carbonyl (C=O) groups is 1. The minimum absolute atomic E-state index is 0.416. The van der Waals surface area contributed by atoms with Gasteiger partial charge in [0.25, 0.3) is 0 Å². The third kappa shape index (κ3) is 4.80. The number of pyridine rings is 1. The lowest BCUT2D eigenvalue weighted by atomic mass is 10.2. The van der Waals surface area contributed by atoms with Gasteiger partial charge in [0, 0.05) is 12.7 Å². The van der Waals surface area contributed by atoms with Gasteiger partial charge in [0.05, 0.1) is 7.05 Å². The summed E-state index contributed by atoms with van der Waals surface area (Å²) < 4.78 is 5.16. The first-order chi connectivity index (χ1) is 10.3. The molecule has 0 aliphatic rings. The fraction of sp³-hybridized carbons (Fsp3) is 0.500. The maximum Gasteiger partial charge on any atom is 0.407 e. The molecule has 0 aromatic carbocycles. The summed E-state index contributed by atoms with van der Waals surface area (Å²) in [6, 6.07) is 3.76. The molecule has 118 valence electrons. The van der Waals surface area contributed by atoms with Crippen LogP contribution in [0.1, 0.15) is 26.3 Å². The summed E-state index contributed by atoms with van der Waals surface area (Å²) in [5.74, 6) is 0.487. The van der Waals surface area contributed by atoms with E-state index in [-0.39, 0.29) is 0 Å². The van der Waals surface area contributed by atoms with Crippen LogP contribution in [0.25, 0.3) is 11.5 Å². The van der Waals surface area contributed by atoms with E-state index in [0.29, 0.717) is 24.5 Å². The van der Waals surface area contributed by atoms with Crippen molar-refractivity contribution in [3.63, 3.8) is 0 Å². The van der Waals surface area contributed by atoms with Crippen molar-refractivity contribution in [2.45, 2.75) is 32.8 Å². The van der Waals surface area contributed by atoms with Gasteiger partial charge in [-0.15, -0.1) is 10.2 Å². The largest absolute Gasteiger partial charge is 0.444 e. The molecule has 1 amide bonds. The Balaban J connectivity index is 1.83. The maximum atomic E-state index is 11.5. The summed E-state index contributed by atoms with van der Waals surface area (Å²) in [4.78, 5) is 17.2. The number of tetrazole rings is 1. The quantitative estimate of drug-likeness (QED) is 0.916. The van der Waals surface area contributed by atoms with Gasteiger partial charge < -0.3 is 10.1 Å². The summed E-state index contributed by atoms with van der Waals surface area (Å²) in [7, 11) is 1.70. The summed E-state index contributed by atoms with van der Waals surface area (Å²) >= 11 is 0. The van der Waals surface area contributed by atoms with Crippen LogP contribution >= 0.6 is 0 Å². The Hall–Kier alpha value is -2.51. The van der Waals surface area contributed by atoms with Crippen LogP contribution in [0, 0.1) is 0 Å². The Morgan fingerprint density at radius 2 is 2.14 bits per heavy atom. The molecular weight excluding hydrogens is 284 g/mol. The molecule has 0 fully saturated rings. The van der Waals surface area contributed by atoms with Crippen molar-refractivity contribution in [2.75, 3.05) is 6.54 Å². The van der Waals surface area contributed by atoms with Gasteiger partial charge in [0.15, 0.2) is 0 Å². The fourth-order valence-electron chi connectivity index (χ4n) is 1.71. The molecule has 0 spiro atoms. The number of ether oxygens (including phenoxy) is 1. The van der Waals surface area contributed by atoms with Crippen LogP contribution in [-0.2, 0) is 18.2 Å². The number of alkyl carbamates (subject to hydrolysis) is 1. The highest BCUT2D eigenvalue weighted by Crippen LogP contribution is 2.11. The molecule has 0 bridgehead atoms. The molecule has 0 atom stereocenters. The van der Waals surface area contributed by atoms with Gasteiger partial charge in [0.2, 0.25) is 5.82 Å². The lowest BCUT2D eigenvalue weighted by molar-refractivity contribution is 0.0528. The SMILES string of the molecule is Cn1nnc(-c2ccc(CCNC(=O)OC(C)(C)C)cn2)n1. The van der Waals surface area contributed by atoms with Crippen molar-refractivity contribution < 1.29 is 9.53 Å². The molecule has 0 aliphatic heterocycles. The van der Waals surface area contributed by atoms with Crippen LogP contribution in [0.2, 0.25) is 0 Å². The Kier molecular flexibility index (Phi) is 4.69. The summed E-state index contributed by atoms with van der Waals surface area (Å²) in [5.41, 5.74) is 1.18. The molecule has 0 radical (unpaired) electrons. The van der Waals surface area contributed by atoms with E-state index in [9.17, 15) is 4.79 Å². The molecule has 2 rings (SSSR count). The van der Waals surface area contributed by atoms with Crippen molar-refractivity contribution in [2.24, 2.45) is 7.05 Å². The predicted octanol–water partition coefficient (Wildman–Crippen LogP) is 1.34. The highest BCUT2D eigenvalue weighted by molar-refractivity contribution is 5.67. The highest BCUT2D eigenvalue weighted by atomic mass is 16.6. The standard InChI is InChI=1S/C14H20N6O2/c1-14(2,3)22-13(21)15-8-7-10-5-6-11(16-9-10)12-17-19-20(4)18-12/h5-6,9H,7-8H2,1-4H3,(H,15,21). The lowest BCUT2D eigenvalue weighted by Gasteiger charge is -2.19. The molecule has 8 heteroatoms. The molecule has 0 aliphatic carbocycles. The van der Waals surface area contributed by atoms with E-state index in [1.165, 1.54) is 4.80 Å². The van der Waals surface area contributed by atoms with Crippen LogP contribution in [-0.4, -0.2) is 43.4 Å². The van der Waals surface area contributed by atoms with Gasteiger partial charge in [-0.05, 0) is 44.0 Å². The first-order valence-electron chi connectivity index (χ1n) is 7.00. The van der Waals surface area contributed by atoms with E-state index in [0.717, 1.165) is 5.56 Å². The van der Waals surface area contributed by atoms with E-state index in [1.807, 2.05) is 32.9 Å². The fourth-order valence-corrected chi connectivity index (χ4v) is 1.71. The second kappa shape index (κ2) is 6.50. The van der Waals surface area contributed by atoms with Gasteiger partial charge in [0.1, 0.15) is 11.3 Å². The normalized spacial score (nSPS) is 11.3. The average Bonchev–Trinajstić information content (AvgIpc) is 2.84. The van der Waals surface area contributed by atoms with Crippen LogP contribution in [0.3, 0.4) is 0 Å². The van der Waals surface area contributed by atoms with Crippen LogP contribution < -0.4 is 5.32 Å². The molecule has 2 aromatic heterocycles. The number of aromatic nitrogens is 5. The number of aryl methyl sites for hydroxylation is 1. The number of carbonyl (C=O) groups excluding carboxylic acids is 1. The van der Waals surface area contributed by atoms with Gasteiger partial charge in [-0.3, -0.25) is 4.98 Å². The van der Waals surface area contributed by atoms with Gasteiger partial charge in [-0.25, -0.2) is 4.79 Å². The Morgan fingerprint density at radius 3 is 2.68 bits per heavy atom. The average molecular weight is 304 g/mol. The third-order valence-electron chi connectivity index (χ3n) is 2.64. The van der Waals surface area contributed by atoms with Crippen LogP contribution in [0.5, 0.6) is 0 Å². The Bertz CT molecular complexity index is 630. The molecule has 2 aromatic rings. The van der Waals surface area contributed by atoms with Crippen molar-refractivity contribution in [1.82, 2.24) is 30.5 Å². The summed E-state index contributed by atoms with van der Waals surface area (Å²) in [6.45, 7) is 5.97. The molecule has 8 nitrogen and oxygen atoms in total. The van der Waals surface area contributed by atoms with E-state index in [4.69, 9.17) is 4.74 Å². The first-order valence-corrected chi connectivity index (χ1v) is 7.00. The van der Waals surface area contributed by atoms with E-state index in [1.54, 1.807) is 13.2 Å². The Morgan fingerprint density at radius 1 is 1.36 bits per heavy atom. The molecule has 0 unspecified atom stereocenters. The minimum Gasteiger partial charge on any atom is -0.444 e. The lowest BCUT2D eigenvalue weighted by Crippen LogP contribution is -2.33. The Labute approximate surface area is 128 Å². The number of rotatable bonds is 4. The van der Waals surface area contributed by atoms with Crippen molar-refractivity contribution in [3.8, 4) is 11.5 Å². The van der Waals surface area contributed by atoms with E-state index < -0.39 is 11.7 Å². The molecule has 22 heavy (non-hydrogen) atoms. The van der Waals surface area contributed by atoms with Gasteiger partial charge in [-0.1, -0.05) is 6.07 Å². The number of amides is 1. The van der Waals surface area contributed by atoms with Crippen molar-refractivity contribution >= 4 is 6.09 Å². The van der Waals surface area contributed by atoms with E-state index >= 15 is 0 Å². The number of nitrogens with zero attached hydrogens (tertiary/aromatic N) is 5. The maximum absolute atomic E-state index is 11.5. The summed E-state index contributed by atoms with van der Waals surface area (Å²) in [6.07, 6.45) is 1.99. The predicted molar refractivity (Wildman–Crippen MR) is 80.0 cm³/mol. The van der Waals surface area contributed by atoms with Gasteiger partial charge >= 0.3 is 6.09 Å². The zero-order chi connectivity index (χ0) is 16.2. The number of hydrogen-bond donors (Lipinski definition) is 1. The minimum atomic E-state index is -0.489. The van der Waals surface area contributed by atoms with Crippen LogP contribution in [0.4, 0.5) is 4.79 Å². The zero-order valence-electron chi connectivity index (χ0n) is 13.2. The molecule has 0 saturated heterocycles. The third-order valence-corrected chi connectivity index (χ3v) is 2.64. The number of hydrogen-bond acceptors (Lipinski definition) is 6. The van der Waals surface area contributed by atoms with Crippen molar-refractivity contribution in [3.05, 3.63) is 23.9 Å². The summed E-state index contributed by atoms with van der Waals surface area (Å²) in [5, 5.41) is 14.5. The second-order valence-corrected chi connectivity index (χ2v) is 5.83. The van der Waals surface area contributed by atoms with Gasteiger partial charge in [-0.2, -0.15) is 4.80 Å². The van der Waals surface area contributed by atoms with Crippen LogP contribution in [0.15, 0.2) is 18.3 Å². The molecule has 1 N–H and O–H groups in total.